The smallest absolute Gasteiger partial charge is 0.239 e. The first kappa shape index (κ1) is 12.4. The average Bonchev–Trinajstić information content (AvgIpc) is 2.14. The van der Waals surface area contributed by atoms with Gasteiger partial charge in [-0.3, -0.25) is 9.59 Å². The summed E-state index contributed by atoms with van der Waals surface area (Å²) in [7, 11) is 0. The quantitative estimate of drug-likeness (QED) is 0.622. The van der Waals surface area contributed by atoms with Gasteiger partial charge in [0.15, 0.2) is 0 Å². The molecule has 14 heavy (non-hydrogen) atoms. The Balaban J connectivity index is 4.01. The molecule has 4 nitrogen and oxygen atoms in total. The van der Waals surface area contributed by atoms with Crippen LogP contribution in [0.2, 0.25) is 0 Å². The van der Waals surface area contributed by atoms with Crippen LogP contribution in [0.4, 0.5) is 0 Å². The van der Waals surface area contributed by atoms with Gasteiger partial charge < -0.3 is 10.2 Å². The minimum Gasteiger partial charge on any atom is -0.351 e. The van der Waals surface area contributed by atoms with Crippen LogP contribution in [-0.2, 0) is 9.59 Å². The maximum Gasteiger partial charge on any atom is 0.239 e. The number of nitrogens with one attached hydrogen (secondary N) is 1. The van der Waals surface area contributed by atoms with E-state index in [1.807, 2.05) is 0 Å². The number of hydrogen-bond acceptors (Lipinski definition) is 2. The summed E-state index contributed by atoms with van der Waals surface area (Å²) in [5.41, 5.74) is 0. The molecule has 0 rings (SSSR count). The van der Waals surface area contributed by atoms with Crippen LogP contribution >= 0.6 is 0 Å². The van der Waals surface area contributed by atoms with Gasteiger partial charge in [-0.15, -0.1) is 13.2 Å². The fourth-order valence-corrected chi connectivity index (χ4v) is 0.876. The van der Waals surface area contributed by atoms with Gasteiger partial charge in [-0.05, 0) is 0 Å². The number of nitrogens with zero attached hydrogens (tertiary/aromatic N) is 1. The molecule has 78 valence electrons. The molecule has 2 amide bonds. The minimum atomic E-state index is -0.193. The lowest BCUT2D eigenvalue weighted by atomic mass is 10.4. The van der Waals surface area contributed by atoms with E-state index in [-0.39, 0.29) is 18.4 Å². The fraction of sp³-hybridized carbons (Fsp3) is 0.400. The summed E-state index contributed by atoms with van der Waals surface area (Å²) in [5.74, 6) is -0.333. The van der Waals surface area contributed by atoms with Gasteiger partial charge in [-0.25, -0.2) is 0 Å². The zero-order valence-electron chi connectivity index (χ0n) is 8.45. The molecule has 0 atom stereocenters. The molecule has 0 aromatic rings. The minimum absolute atomic E-state index is 0.0647. The third-order valence-electron chi connectivity index (χ3n) is 1.57. The molecule has 0 heterocycles. The van der Waals surface area contributed by atoms with Crippen molar-refractivity contribution in [2.75, 3.05) is 19.6 Å². The van der Waals surface area contributed by atoms with E-state index in [0.717, 1.165) is 0 Å². The zero-order chi connectivity index (χ0) is 11.0. The van der Waals surface area contributed by atoms with Crippen molar-refractivity contribution in [2.45, 2.75) is 6.92 Å². The van der Waals surface area contributed by atoms with E-state index in [4.69, 9.17) is 0 Å². The molecule has 4 heteroatoms. The van der Waals surface area contributed by atoms with Crippen LogP contribution < -0.4 is 5.32 Å². The highest BCUT2D eigenvalue weighted by Gasteiger charge is 2.10. The number of hydrogen-bond donors (Lipinski definition) is 1. The molecule has 0 aromatic carbocycles. The van der Waals surface area contributed by atoms with Crippen LogP contribution in [0.25, 0.3) is 0 Å². The van der Waals surface area contributed by atoms with Gasteiger partial charge >= 0.3 is 0 Å². The van der Waals surface area contributed by atoms with Gasteiger partial charge in [0, 0.05) is 20.0 Å². The normalized spacial score (nSPS) is 8.93. The topological polar surface area (TPSA) is 49.4 Å². The second kappa shape index (κ2) is 6.88. The van der Waals surface area contributed by atoms with E-state index in [1.54, 1.807) is 12.2 Å². The lowest BCUT2D eigenvalue weighted by Crippen LogP contribution is -2.39. The monoisotopic (exact) mass is 196 g/mol. The van der Waals surface area contributed by atoms with E-state index >= 15 is 0 Å². The Morgan fingerprint density at radius 1 is 1.36 bits per heavy atom. The van der Waals surface area contributed by atoms with E-state index in [9.17, 15) is 9.59 Å². The van der Waals surface area contributed by atoms with Crippen molar-refractivity contribution in [2.24, 2.45) is 0 Å². The summed E-state index contributed by atoms with van der Waals surface area (Å²) in [6.07, 6.45) is 3.17. The molecule has 0 saturated carbocycles. The molecule has 0 spiro atoms. The largest absolute Gasteiger partial charge is 0.351 e. The molecule has 0 radical (unpaired) electrons. The molecule has 0 aromatic heterocycles. The maximum absolute atomic E-state index is 11.2. The Morgan fingerprint density at radius 2 is 2.00 bits per heavy atom. The van der Waals surface area contributed by atoms with Gasteiger partial charge in [0.25, 0.3) is 0 Å². The van der Waals surface area contributed by atoms with Crippen molar-refractivity contribution in [1.82, 2.24) is 10.2 Å². The van der Waals surface area contributed by atoms with Crippen molar-refractivity contribution >= 4 is 11.8 Å². The Labute approximate surface area is 84.3 Å². The highest BCUT2D eigenvalue weighted by molar-refractivity contribution is 5.83. The van der Waals surface area contributed by atoms with Gasteiger partial charge in [0.05, 0.1) is 6.54 Å². The first-order valence-electron chi connectivity index (χ1n) is 4.35. The third-order valence-corrected chi connectivity index (χ3v) is 1.57. The van der Waals surface area contributed by atoms with Crippen LogP contribution in [0.5, 0.6) is 0 Å². The summed E-state index contributed by atoms with van der Waals surface area (Å²) in [4.78, 5) is 23.6. The fourth-order valence-electron chi connectivity index (χ4n) is 0.876. The Kier molecular flexibility index (Phi) is 6.11. The molecule has 0 unspecified atom stereocenters. The molecule has 1 N–H and O–H groups in total. The standard InChI is InChI=1S/C10H16N2O2/c1-4-6-11-10(14)8-12(7-5-2)9(3)13/h4-5H,1-2,6-8H2,3H3,(H,11,14). The number of carbonyl (C=O) groups excluding carboxylic acids is 2. The van der Waals surface area contributed by atoms with Crippen LogP contribution in [0, 0.1) is 0 Å². The number of rotatable bonds is 6. The SMILES string of the molecule is C=CCNC(=O)CN(CC=C)C(C)=O. The van der Waals surface area contributed by atoms with Crippen LogP contribution in [0.15, 0.2) is 25.3 Å². The number of carbonyl (C=O) groups is 2. The highest BCUT2D eigenvalue weighted by atomic mass is 16.2. The Morgan fingerprint density at radius 3 is 2.43 bits per heavy atom. The van der Waals surface area contributed by atoms with Crippen LogP contribution in [0.3, 0.4) is 0 Å². The second-order valence-corrected chi connectivity index (χ2v) is 2.78. The first-order valence-corrected chi connectivity index (χ1v) is 4.35. The zero-order valence-corrected chi connectivity index (χ0v) is 8.45. The van der Waals surface area contributed by atoms with Crippen molar-refractivity contribution < 1.29 is 9.59 Å². The average molecular weight is 196 g/mol. The lowest BCUT2D eigenvalue weighted by molar-refractivity contribution is -0.133. The van der Waals surface area contributed by atoms with Crippen LogP contribution in [-0.4, -0.2) is 36.3 Å². The molecular formula is C10H16N2O2. The second-order valence-electron chi connectivity index (χ2n) is 2.78. The van der Waals surface area contributed by atoms with Crippen LogP contribution in [0.1, 0.15) is 6.92 Å². The van der Waals surface area contributed by atoms with Gasteiger partial charge in [-0.1, -0.05) is 12.2 Å². The van der Waals surface area contributed by atoms with Crippen molar-refractivity contribution in [3.05, 3.63) is 25.3 Å². The predicted molar refractivity (Wildman–Crippen MR) is 55.7 cm³/mol. The lowest BCUT2D eigenvalue weighted by Gasteiger charge is -2.18. The summed E-state index contributed by atoms with van der Waals surface area (Å²) in [6, 6.07) is 0. The molecule has 0 aliphatic rings. The molecule has 0 bridgehead atoms. The molecule has 0 aliphatic heterocycles. The summed E-state index contributed by atoms with van der Waals surface area (Å²) in [5, 5.41) is 2.59. The number of amides is 2. The van der Waals surface area contributed by atoms with Crippen molar-refractivity contribution in [3.63, 3.8) is 0 Å². The van der Waals surface area contributed by atoms with E-state index < -0.39 is 0 Å². The van der Waals surface area contributed by atoms with Gasteiger partial charge in [0.2, 0.25) is 11.8 Å². The molecule has 0 aliphatic carbocycles. The summed E-state index contributed by atoms with van der Waals surface area (Å²) < 4.78 is 0. The molecule has 0 fully saturated rings. The van der Waals surface area contributed by atoms with Crippen molar-refractivity contribution in [3.8, 4) is 0 Å². The maximum atomic E-state index is 11.2. The summed E-state index contributed by atoms with van der Waals surface area (Å²) >= 11 is 0. The first-order chi connectivity index (χ1) is 6.61. The molecule has 0 saturated heterocycles. The summed E-state index contributed by atoms with van der Waals surface area (Å²) in [6.45, 7) is 9.27. The predicted octanol–water partition coefficient (Wildman–Crippen LogP) is 0.323. The van der Waals surface area contributed by atoms with Gasteiger partial charge in [0.1, 0.15) is 0 Å². The van der Waals surface area contributed by atoms with Gasteiger partial charge in [-0.2, -0.15) is 0 Å². The third kappa shape index (κ3) is 5.13. The van der Waals surface area contributed by atoms with E-state index in [2.05, 4.69) is 18.5 Å². The Hall–Kier alpha value is -1.58. The van der Waals surface area contributed by atoms with Crippen molar-refractivity contribution in [1.29, 1.82) is 0 Å². The van der Waals surface area contributed by atoms with E-state index in [0.29, 0.717) is 13.1 Å². The Bertz CT molecular complexity index is 236. The molecular weight excluding hydrogens is 180 g/mol. The highest BCUT2D eigenvalue weighted by Crippen LogP contribution is 1.89. The van der Waals surface area contributed by atoms with E-state index in [1.165, 1.54) is 11.8 Å².